The summed E-state index contributed by atoms with van der Waals surface area (Å²) in [4.78, 5) is 24.7. The van der Waals surface area contributed by atoms with Crippen LogP contribution in [0.25, 0.3) is 0 Å². The molecule has 0 aromatic heterocycles. The van der Waals surface area contributed by atoms with Crippen molar-refractivity contribution >= 4 is 11.9 Å². The first-order valence-corrected chi connectivity index (χ1v) is 43.6. The van der Waals surface area contributed by atoms with Crippen LogP contribution in [0, 0.1) is 0 Å². The van der Waals surface area contributed by atoms with Crippen LogP contribution in [-0.4, -0.2) is 47.4 Å². The molecule has 0 aromatic rings. The maximum atomic E-state index is 12.6. The van der Waals surface area contributed by atoms with Crippen LogP contribution in [0.4, 0.5) is 0 Å². The number of esters is 1. The monoisotopic (exact) mass is 1320 g/mol. The number of carbonyl (C=O) groups excluding carboxylic acids is 2. The summed E-state index contributed by atoms with van der Waals surface area (Å²) in [6.45, 7) is 5.02. The first kappa shape index (κ1) is 92.3. The lowest BCUT2D eigenvalue weighted by Gasteiger charge is -2.22. The molecule has 94 heavy (non-hydrogen) atoms. The van der Waals surface area contributed by atoms with Crippen LogP contribution in [-0.2, 0) is 14.3 Å². The first-order valence-electron chi connectivity index (χ1n) is 43.6. The first-order chi connectivity index (χ1) is 46.5. The molecule has 2 unspecified atom stereocenters. The highest BCUT2D eigenvalue weighted by Crippen LogP contribution is 2.21. The second-order valence-electron chi connectivity index (χ2n) is 30.2. The fourth-order valence-electron chi connectivity index (χ4n) is 14.1. The van der Waals surface area contributed by atoms with E-state index in [2.05, 4.69) is 43.5 Å². The molecule has 0 aliphatic rings. The fraction of sp³-hybridized carbons (Fsp3) is 0.932. The minimum Gasteiger partial charge on any atom is -0.466 e. The second-order valence-corrected chi connectivity index (χ2v) is 30.2. The van der Waals surface area contributed by atoms with Crippen molar-refractivity contribution in [2.75, 3.05) is 13.2 Å². The zero-order valence-corrected chi connectivity index (χ0v) is 64.2. The Morgan fingerprint density at radius 3 is 0.809 bits per heavy atom. The molecule has 0 spiro atoms. The largest absolute Gasteiger partial charge is 0.466 e. The summed E-state index contributed by atoms with van der Waals surface area (Å²) in [7, 11) is 0. The third kappa shape index (κ3) is 79.3. The van der Waals surface area contributed by atoms with Crippen molar-refractivity contribution in [2.24, 2.45) is 0 Å². The summed E-state index contributed by atoms with van der Waals surface area (Å²) >= 11 is 0. The number of hydrogen-bond donors (Lipinski definition) is 3. The van der Waals surface area contributed by atoms with E-state index in [4.69, 9.17) is 4.74 Å². The van der Waals surface area contributed by atoms with Crippen LogP contribution in [0.2, 0.25) is 0 Å². The van der Waals surface area contributed by atoms with E-state index in [9.17, 15) is 19.8 Å². The molecule has 3 N–H and O–H groups in total. The number of rotatable bonds is 83. The summed E-state index contributed by atoms with van der Waals surface area (Å²) in [5.74, 6) is -0.00358. The van der Waals surface area contributed by atoms with Crippen molar-refractivity contribution in [3.8, 4) is 0 Å². The molecule has 0 radical (unpaired) electrons. The number of aliphatic hydroxyl groups excluding tert-OH is 2. The van der Waals surface area contributed by atoms with Crippen molar-refractivity contribution in [3.05, 3.63) is 24.3 Å². The van der Waals surface area contributed by atoms with E-state index in [0.29, 0.717) is 25.9 Å². The molecule has 2 atom stereocenters. The Morgan fingerprint density at radius 2 is 0.532 bits per heavy atom. The van der Waals surface area contributed by atoms with Crippen molar-refractivity contribution in [1.29, 1.82) is 0 Å². The third-order valence-corrected chi connectivity index (χ3v) is 20.8. The Morgan fingerprint density at radius 1 is 0.298 bits per heavy atom. The van der Waals surface area contributed by atoms with Crippen LogP contribution in [0.3, 0.4) is 0 Å². The summed E-state index contributed by atoms with van der Waals surface area (Å²) in [6.07, 6.45) is 109. The average Bonchev–Trinajstić information content (AvgIpc) is 3.74. The number of amides is 1. The molecule has 0 aliphatic heterocycles. The highest BCUT2D eigenvalue weighted by Gasteiger charge is 2.20. The van der Waals surface area contributed by atoms with Gasteiger partial charge < -0.3 is 20.3 Å². The van der Waals surface area contributed by atoms with Gasteiger partial charge in [-0.15, -0.1) is 0 Å². The van der Waals surface area contributed by atoms with Gasteiger partial charge in [-0.3, -0.25) is 9.59 Å². The van der Waals surface area contributed by atoms with Crippen LogP contribution in [0.5, 0.6) is 0 Å². The number of aliphatic hydroxyl groups is 2. The van der Waals surface area contributed by atoms with E-state index in [1.165, 1.54) is 424 Å². The van der Waals surface area contributed by atoms with Gasteiger partial charge in [0.05, 0.1) is 25.4 Å². The van der Waals surface area contributed by atoms with Gasteiger partial charge in [-0.1, -0.05) is 456 Å². The molecule has 0 saturated carbocycles. The molecule has 0 saturated heterocycles. The van der Waals surface area contributed by atoms with Crippen molar-refractivity contribution in [3.63, 3.8) is 0 Å². The summed E-state index contributed by atoms with van der Waals surface area (Å²) in [5.41, 5.74) is 0. The topological polar surface area (TPSA) is 95.9 Å². The van der Waals surface area contributed by atoms with Crippen LogP contribution >= 0.6 is 0 Å². The van der Waals surface area contributed by atoms with E-state index in [0.717, 1.165) is 44.9 Å². The van der Waals surface area contributed by atoms with Crippen molar-refractivity contribution in [1.82, 2.24) is 5.32 Å². The van der Waals surface area contributed by atoms with Crippen LogP contribution in [0.1, 0.15) is 502 Å². The Bertz CT molecular complexity index is 1480. The van der Waals surface area contributed by atoms with Crippen LogP contribution in [0.15, 0.2) is 24.3 Å². The number of unbranched alkanes of at least 4 members (excludes halogenated alkanes) is 68. The Kier molecular flexibility index (Phi) is 82.3. The lowest BCUT2D eigenvalue weighted by atomic mass is 10.0. The van der Waals surface area contributed by atoms with Crippen LogP contribution < -0.4 is 5.32 Å². The van der Waals surface area contributed by atoms with Gasteiger partial charge >= 0.3 is 5.97 Å². The summed E-state index contributed by atoms with van der Waals surface area (Å²) in [5, 5.41) is 23.5. The number of carbonyl (C=O) groups is 2. The Hall–Kier alpha value is -1.66. The zero-order valence-electron chi connectivity index (χ0n) is 64.2. The van der Waals surface area contributed by atoms with Gasteiger partial charge in [0.2, 0.25) is 5.91 Å². The molecule has 0 bridgehead atoms. The van der Waals surface area contributed by atoms with Crippen molar-refractivity contribution in [2.45, 2.75) is 514 Å². The standard InChI is InChI=1S/C88H171NO5/c1-3-5-7-9-11-13-15-17-19-21-23-24-38-41-45-48-52-56-60-64-68-72-76-80-86(91)85(84-90)89-87(92)81-77-73-69-65-61-57-53-49-46-42-39-36-34-32-30-28-26-25-27-29-31-33-35-37-40-43-47-51-55-59-63-67-71-75-79-83-94-88(93)82-78-74-70-66-62-58-54-50-44-22-20-18-16-14-12-10-8-6-4-2/h27,29,33,35,85-86,90-91H,3-26,28,30-32,34,36-84H2,1-2H3,(H,89,92)/b29-27-,35-33-. The predicted octanol–water partition coefficient (Wildman–Crippen LogP) is 29.2. The minimum absolute atomic E-state index is 0.0229. The molecule has 6 nitrogen and oxygen atoms in total. The molecule has 0 heterocycles. The Balaban J connectivity index is 3.35. The van der Waals surface area contributed by atoms with Gasteiger partial charge in [-0.2, -0.15) is 0 Å². The maximum absolute atomic E-state index is 12.6. The van der Waals surface area contributed by atoms with Gasteiger partial charge in [-0.25, -0.2) is 0 Å². The molecule has 0 rings (SSSR count). The van der Waals surface area contributed by atoms with Crippen molar-refractivity contribution < 1.29 is 24.5 Å². The van der Waals surface area contributed by atoms with E-state index in [-0.39, 0.29) is 18.5 Å². The van der Waals surface area contributed by atoms with E-state index < -0.39 is 12.1 Å². The SMILES string of the molecule is CCCCCCCCCCCCCCCCCCCCCCCCCC(O)C(CO)NC(=O)CCCCCCCCCCCCCCCCCCC/C=C\C/C=C\CCCCCCCCCCCCCOC(=O)CCCCCCCCCCCCCCCCCCCCC. The Labute approximate surface area is 590 Å². The minimum atomic E-state index is -0.664. The summed E-state index contributed by atoms with van der Waals surface area (Å²) in [6, 6.07) is -0.541. The highest BCUT2D eigenvalue weighted by molar-refractivity contribution is 5.76. The lowest BCUT2D eigenvalue weighted by Crippen LogP contribution is -2.45. The molecule has 6 heteroatoms. The van der Waals surface area contributed by atoms with Gasteiger partial charge in [0.15, 0.2) is 0 Å². The molecule has 1 amide bonds. The van der Waals surface area contributed by atoms with Gasteiger partial charge in [-0.05, 0) is 57.8 Å². The number of hydrogen-bond acceptors (Lipinski definition) is 5. The van der Waals surface area contributed by atoms with Gasteiger partial charge in [0, 0.05) is 12.8 Å². The van der Waals surface area contributed by atoms with E-state index in [1.54, 1.807) is 0 Å². The van der Waals surface area contributed by atoms with E-state index >= 15 is 0 Å². The summed E-state index contributed by atoms with van der Waals surface area (Å²) < 4.78 is 5.52. The second kappa shape index (κ2) is 83.8. The molecule has 0 aliphatic carbocycles. The highest BCUT2D eigenvalue weighted by atomic mass is 16.5. The lowest BCUT2D eigenvalue weighted by molar-refractivity contribution is -0.143. The smallest absolute Gasteiger partial charge is 0.305 e. The van der Waals surface area contributed by atoms with E-state index in [1.807, 2.05) is 0 Å². The zero-order chi connectivity index (χ0) is 67.7. The average molecular weight is 1320 g/mol. The van der Waals surface area contributed by atoms with Gasteiger partial charge in [0.25, 0.3) is 0 Å². The number of allylic oxidation sites excluding steroid dienone is 4. The molecule has 558 valence electrons. The molecular weight excluding hydrogens is 1150 g/mol. The maximum Gasteiger partial charge on any atom is 0.305 e. The predicted molar refractivity (Wildman–Crippen MR) is 417 cm³/mol. The fourth-order valence-corrected chi connectivity index (χ4v) is 14.1. The molecule has 0 fully saturated rings. The molecular formula is C88H171NO5. The van der Waals surface area contributed by atoms with Gasteiger partial charge in [0.1, 0.15) is 0 Å². The normalized spacial score (nSPS) is 12.5. The number of ether oxygens (including phenoxy) is 1. The third-order valence-electron chi connectivity index (χ3n) is 20.8. The molecule has 0 aromatic carbocycles. The quantitative estimate of drug-likeness (QED) is 0.0320. The number of nitrogens with one attached hydrogen (secondary N) is 1.